The summed E-state index contributed by atoms with van der Waals surface area (Å²) < 4.78 is 19.0. The Morgan fingerprint density at radius 3 is 1.83 bits per heavy atom. The van der Waals surface area contributed by atoms with Gasteiger partial charge >= 0.3 is 0 Å². The van der Waals surface area contributed by atoms with E-state index in [9.17, 15) is 8.42 Å². The third-order valence-corrected chi connectivity index (χ3v) is 1.07. The van der Waals surface area contributed by atoms with E-state index in [1.807, 2.05) is 0 Å². The summed E-state index contributed by atoms with van der Waals surface area (Å²) in [7, 11) is -2.19. The molecule has 36 valence electrons. The average molecular weight is 127 g/mol. The maximum Gasteiger partial charge on any atom is 0.228 e. The Hall–Kier alpha value is -0.0200. The first-order valence-electron chi connectivity index (χ1n) is 1.23. The lowest BCUT2D eigenvalue weighted by Gasteiger charge is -1.60. The second-order valence-electron chi connectivity index (χ2n) is 0.705. The van der Waals surface area contributed by atoms with E-state index in [0.717, 1.165) is 0 Å². The first-order valence-corrected chi connectivity index (χ1v) is 2.68. The molecule has 4 heteroatoms. The van der Waals surface area contributed by atoms with Gasteiger partial charge in [-0.15, -0.1) is 0 Å². The van der Waals surface area contributed by atoms with Gasteiger partial charge in [-0.1, -0.05) is 11.6 Å². The summed E-state index contributed by atoms with van der Waals surface area (Å²) in [6.07, 6.45) is 0. The maximum absolute atomic E-state index is 9.53. The van der Waals surface area contributed by atoms with Crippen LogP contribution < -0.4 is 0 Å². The topological polar surface area (TPSA) is 34.1 Å². The van der Waals surface area contributed by atoms with Crippen molar-refractivity contribution in [1.82, 2.24) is 0 Å². The fraction of sp³-hybridized carbons (Fsp3) is 0.500. The minimum absolute atomic E-state index is 0.102. The van der Waals surface area contributed by atoms with Crippen LogP contribution in [-0.4, -0.2) is 12.7 Å². The summed E-state index contributed by atoms with van der Waals surface area (Å²) in [6.45, 7) is 1.31. The summed E-state index contributed by atoms with van der Waals surface area (Å²) >= 11 is 4.92. The highest BCUT2D eigenvalue weighted by atomic mass is 35.5. The van der Waals surface area contributed by atoms with Crippen LogP contribution in [0.2, 0.25) is 0 Å². The van der Waals surface area contributed by atoms with Crippen LogP contribution in [0.4, 0.5) is 0 Å². The second kappa shape index (κ2) is 2.21. The van der Waals surface area contributed by atoms with Crippen molar-refractivity contribution in [3.8, 4) is 0 Å². The van der Waals surface area contributed by atoms with Crippen molar-refractivity contribution >= 4 is 26.2 Å². The molecule has 0 heterocycles. The van der Waals surface area contributed by atoms with Gasteiger partial charge in [0.1, 0.15) is 4.32 Å². The molecule has 0 bridgehead atoms. The van der Waals surface area contributed by atoms with Crippen molar-refractivity contribution in [3.63, 3.8) is 0 Å². The molecular formula is C2H3ClO2S. The molecule has 0 rings (SSSR count). The summed E-state index contributed by atoms with van der Waals surface area (Å²) in [5.41, 5.74) is 0. The third kappa shape index (κ3) is 2.23. The van der Waals surface area contributed by atoms with Gasteiger partial charge in [0.15, 0.2) is 0 Å². The van der Waals surface area contributed by atoms with Crippen molar-refractivity contribution in [2.45, 2.75) is 6.92 Å². The smallest absolute Gasteiger partial charge is 0.183 e. The van der Waals surface area contributed by atoms with E-state index in [2.05, 4.69) is 0 Å². The van der Waals surface area contributed by atoms with Crippen molar-refractivity contribution in [2.24, 2.45) is 0 Å². The largest absolute Gasteiger partial charge is 0.228 e. The molecule has 0 aromatic rings. The summed E-state index contributed by atoms with van der Waals surface area (Å²) in [4.78, 5) is 0. The Balaban J connectivity index is 4.58. The van der Waals surface area contributed by atoms with E-state index in [-0.39, 0.29) is 4.32 Å². The molecular weight excluding hydrogens is 124 g/mol. The molecule has 0 saturated carbocycles. The lowest BCUT2D eigenvalue weighted by Crippen LogP contribution is -1.72. The van der Waals surface area contributed by atoms with Crippen molar-refractivity contribution in [2.75, 3.05) is 0 Å². The Morgan fingerprint density at radius 1 is 1.67 bits per heavy atom. The predicted octanol–water partition coefficient (Wildman–Crippen LogP) is 0.254. The quantitative estimate of drug-likeness (QED) is 0.345. The normalized spacial score (nSPS) is 7.67. The standard InChI is InChI=1S/C2H3ClO2S/c1-2(3)6(4)5/h1H3. The van der Waals surface area contributed by atoms with E-state index in [1.54, 1.807) is 0 Å². The first-order chi connectivity index (χ1) is 2.64. The molecule has 0 amide bonds. The molecule has 0 fully saturated rings. The zero-order valence-corrected chi connectivity index (χ0v) is 4.68. The fourth-order valence-electron chi connectivity index (χ4n) is 0. The maximum atomic E-state index is 9.53. The molecule has 0 unspecified atom stereocenters. The van der Waals surface area contributed by atoms with Gasteiger partial charge in [-0.05, 0) is 6.92 Å². The molecule has 0 spiro atoms. The van der Waals surface area contributed by atoms with E-state index in [4.69, 9.17) is 11.6 Å². The van der Waals surface area contributed by atoms with Crippen LogP contribution in [0.15, 0.2) is 0 Å². The van der Waals surface area contributed by atoms with Gasteiger partial charge in [0.05, 0.1) is 0 Å². The molecule has 2 nitrogen and oxygen atoms in total. The van der Waals surface area contributed by atoms with E-state index < -0.39 is 10.3 Å². The van der Waals surface area contributed by atoms with Crippen LogP contribution in [0, 0.1) is 0 Å². The van der Waals surface area contributed by atoms with Crippen molar-refractivity contribution < 1.29 is 8.42 Å². The molecule has 0 saturated heterocycles. The van der Waals surface area contributed by atoms with Gasteiger partial charge in [-0.3, -0.25) is 0 Å². The second-order valence-corrected chi connectivity index (χ2v) is 2.58. The van der Waals surface area contributed by atoms with Crippen molar-refractivity contribution in [1.29, 1.82) is 0 Å². The fourth-order valence-corrected chi connectivity index (χ4v) is 0. The highest BCUT2D eigenvalue weighted by molar-refractivity contribution is 7.76. The number of rotatable bonds is 0. The van der Waals surface area contributed by atoms with Crippen LogP contribution >= 0.6 is 11.6 Å². The third-order valence-electron chi connectivity index (χ3n) is 0.230. The number of hydrogen-bond acceptors (Lipinski definition) is 2. The predicted molar refractivity (Wildman–Crippen MR) is 25.5 cm³/mol. The van der Waals surface area contributed by atoms with Crippen molar-refractivity contribution in [3.05, 3.63) is 0 Å². The highest BCUT2D eigenvalue weighted by Gasteiger charge is 1.75. The number of halogens is 1. The van der Waals surface area contributed by atoms with Gasteiger partial charge in [0.25, 0.3) is 0 Å². The molecule has 0 aliphatic carbocycles. The molecule has 0 atom stereocenters. The molecule has 0 aliphatic heterocycles. The summed E-state index contributed by atoms with van der Waals surface area (Å²) in [6, 6.07) is 0. The Morgan fingerprint density at radius 2 is 1.83 bits per heavy atom. The SMILES string of the molecule is CC(Cl)=S(=O)=O. The first kappa shape index (κ1) is 5.98. The van der Waals surface area contributed by atoms with Crippen LogP contribution in [0.25, 0.3) is 0 Å². The average Bonchev–Trinajstić information content (AvgIpc) is 1.36. The minimum atomic E-state index is -2.19. The van der Waals surface area contributed by atoms with E-state index in [1.165, 1.54) is 6.92 Å². The zero-order chi connectivity index (χ0) is 5.15. The molecule has 6 heavy (non-hydrogen) atoms. The lowest BCUT2D eigenvalue weighted by atomic mass is 11.0. The molecule has 0 aliphatic rings. The molecule has 0 aromatic carbocycles. The Labute approximate surface area is 42.3 Å². The monoisotopic (exact) mass is 126 g/mol. The van der Waals surface area contributed by atoms with Gasteiger partial charge in [-0.25, -0.2) is 0 Å². The van der Waals surface area contributed by atoms with Gasteiger partial charge in [0.2, 0.25) is 10.3 Å². The molecule has 0 radical (unpaired) electrons. The van der Waals surface area contributed by atoms with Crippen LogP contribution in [0.5, 0.6) is 0 Å². The molecule has 0 aromatic heterocycles. The zero-order valence-electron chi connectivity index (χ0n) is 3.10. The van der Waals surface area contributed by atoms with Gasteiger partial charge < -0.3 is 0 Å². The Bertz CT molecular complexity index is 142. The minimum Gasteiger partial charge on any atom is -0.183 e. The summed E-state index contributed by atoms with van der Waals surface area (Å²) in [5, 5.41) is 0. The number of hydrogen-bond donors (Lipinski definition) is 0. The van der Waals surface area contributed by atoms with Crippen LogP contribution in [-0.2, 0) is 10.3 Å². The van der Waals surface area contributed by atoms with Crippen LogP contribution in [0.3, 0.4) is 0 Å². The van der Waals surface area contributed by atoms with E-state index in [0.29, 0.717) is 0 Å². The van der Waals surface area contributed by atoms with Crippen LogP contribution in [0.1, 0.15) is 6.92 Å². The summed E-state index contributed by atoms with van der Waals surface area (Å²) in [5.74, 6) is 0. The van der Waals surface area contributed by atoms with E-state index >= 15 is 0 Å². The highest BCUT2D eigenvalue weighted by Crippen LogP contribution is 1.73. The van der Waals surface area contributed by atoms with Gasteiger partial charge in [-0.2, -0.15) is 8.42 Å². The van der Waals surface area contributed by atoms with Gasteiger partial charge in [0, 0.05) is 0 Å². The Kier molecular flexibility index (Phi) is 2.20. The lowest BCUT2D eigenvalue weighted by molar-refractivity contribution is 0.627. The molecule has 0 N–H and O–H groups in total.